The van der Waals surface area contributed by atoms with Crippen molar-refractivity contribution in [3.63, 3.8) is 0 Å². The zero-order chi connectivity index (χ0) is 10.3. The third-order valence-electron chi connectivity index (χ3n) is 1.50. The number of carbonyl (C=O) groups is 1. The highest BCUT2D eigenvalue weighted by molar-refractivity contribution is 7.59. The van der Waals surface area contributed by atoms with E-state index in [1.807, 2.05) is 0 Å². The highest BCUT2D eigenvalue weighted by Gasteiger charge is 2.23. The SMILES string of the molecule is C#CCOC(=O)CP(=O)(CC)OC. The Balaban J connectivity index is 4.04. The van der Waals surface area contributed by atoms with Crippen molar-refractivity contribution in [1.29, 1.82) is 0 Å². The van der Waals surface area contributed by atoms with Crippen LogP contribution < -0.4 is 0 Å². The van der Waals surface area contributed by atoms with Gasteiger partial charge in [-0.25, -0.2) is 0 Å². The molecule has 4 nitrogen and oxygen atoms in total. The Kier molecular flexibility index (Phi) is 5.45. The molecular formula is C8H13O4P. The van der Waals surface area contributed by atoms with E-state index in [0.29, 0.717) is 6.16 Å². The van der Waals surface area contributed by atoms with E-state index in [1.165, 1.54) is 7.11 Å². The van der Waals surface area contributed by atoms with Crippen LogP contribution in [0.1, 0.15) is 6.92 Å². The molecule has 0 aromatic rings. The van der Waals surface area contributed by atoms with E-state index in [0.717, 1.165) is 0 Å². The lowest BCUT2D eigenvalue weighted by atomic mass is 10.7. The minimum absolute atomic E-state index is 0.0910. The lowest BCUT2D eigenvalue weighted by Gasteiger charge is -2.12. The van der Waals surface area contributed by atoms with Crippen LogP contribution in [0.3, 0.4) is 0 Å². The van der Waals surface area contributed by atoms with Crippen LogP contribution in [0.25, 0.3) is 0 Å². The van der Waals surface area contributed by atoms with Gasteiger partial charge in [-0.15, -0.1) is 6.42 Å². The van der Waals surface area contributed by atoms with E-state index in [9.17, 15) is 9.36 Å². The van der Waals surface area contributed by atoms with E-state index in [1.54, 1.807) is 6.92 Å². The van der Waals surface area contributed by atoms with Gasteiger partial charge in [0.15, 0.2) is 6.61 Å². The number of hydrogen-bond donors (Lipinski definition) is 0. The zero-order valence-electron chi connectivity index (χ0n) is 7.78. The number of hydrogen-bond acceptors (Lipinski definition) is 4. The van der Waals surface area contributed by atoms with Gasteiger partial charge in [0.25, 0.3) is 0 Å². The summed E-state index contributed by atoms with van der Waals surface area (Å²) in [6, 6.07) is 0. The minimum atomic E-state index is -2.82. The summed E-state index contributed by atoms with van der Waals surface area (Å²) >= 11 is 0. The van der Waals surface area contributed by atoms with Crippen LogP contribution in [-0.4, -0.2) is 32.0 Å². The molecule has 0 fully saturated rings. The monoisotopic (exact) mass is 204 g/mol. The van der Waals surface area contributed by atoms with Crippen LogP contribution in [0.4, 0.5) is 0 Å². The average molecular weight is 204 g/mol. The van der Waals surface area contributed by atoms with Crippen LogP contribution in [0.5, 0.6) is 0 Å². The third-order valence-corrected chi connectivity index (χ3v) is 3.87. The van der Waals surface area contributed by atoms with Crippen molar-refractivity contribution in [3.05, 3.63) is 0 Å². The summed E-state index contributed by atoms with van der Waals surface area (Å²) in [6.45, 7) is 1.60. The summed E-state index contributed by atoms with van der Waals surface area (Å²) in [6.07, 6.45) is 4.99. The highest BCUT2D eigenvalue weighted by atomic mass is 31.2. The van der Waals surface area contributed by atoms with Crippen LogP contribution in [0.15, 0.2) is 0 Å². The summed E-state index contributed by atoms with van der Waals surface area (Å²) in [5.41, 5.74) is 0. The van der Waals surface area contributed by atoms with Gasteiger partial charge in [-0.05, 0) is 0 Å². The van der Waals surface area contributed by atoms with Gasteiger partial charge in [-0.2, -0.15) is 0 Å². The topological polar surface area (TPSA) is 52.6 Å². The molecule has 0 radical (unpaired) electrons. The first-order chi connectivity index (χ1) is 6.08. The maximum atomic E-state index is 11.5. The van der Waals surface area contributed by atoms with Gasteiger partial charge in [0.1, 0.15) is 6.16 Å². The molecule has 0 bridgehead atoms. The molecule has 1 unspecified atom stereocenters. The fourth-order valence-electron chi connectivity index (χ4n) is 0.670. The lowest BCUT2D eigenvalue weighted by Crippen LogP contribution is -2.12. The number of terminal acetylenes is 1. The van der Waals surface area contributed by atoms with Crippen LogP contribution in [0.2, 0.25) is 0 Å². The second-order valence-electron chi connectivity index (χ2n) is 2.34. The largest absolute Gasteiger partial charge is 0.452 e. The number of esters is 1. The Labute approximate surface area is 78.1 Å². The first kappa shape index (κ1) is 12.2. The fraction of sp³-hybridized carbons (Fsp3) is 0.625. The molecule has 0 saturated heterocycles. The minimum Gasteiger partial charge on any atom is -0.452 e. The lowest BCUT2D eigenvalue weighted by molar-refractivity contribution is -0.139. The van der Waals surface area contributed by atoms with Crippen molar-refractivity contribution in [3.8, 4) is 12.3 Å². The van der Waals surface area contributed by atoms with Crippen molar-refractivity contribution in [2.75, 3.05) is 26.0 Å². The van der Waals surface area contributed by atoms with Crippen molar-refractivity contribution < 1.29 is 18.6 Å². The molecule has 0 aliphatic rings. The second-order valence-corrected chi connectivity index (χ2v) is 5.28. The number of carbonyl (C=O) groups excluding carboxylic acids is 1. The Morgan fingerprint density at radius 3 is 2.62 bits per heavy atom. The van der Waals surface area contributed by atoms with Crippen molar-refractivity contribution >= 4 is 13.3 Å². The first-order valence-electron chi connectivity index (χ1n) is 3.81. The molecule has 0 N–H and O–H groups in total. The van der Waals surface area contributed by atoms with Gasteiger partial charge in [0, 0.05) is 13.3 Å². The highest BCUT2D eigenvalue weighted by Crippen LogP contribution is 2.45. The molecule has 0 heterocycles. The smallest absolute Gasteiger partial charge is 0.316 e. The van der Waals surface area contributed by atoms with Crippen LogP contribution in [0, 0.1) is 12.3 Å². The molecule has 0 rings (SSSR count). The molecule has 0 aliphatic heterocycles. The molecule has 74 valence electrons. The van der Waals surface area contributed by atoms with Gasteiger partial charge in [-0.1, -0.05) is 12.8 Å². The van der Waals surface area contributed by atoms with E-state index in [-0.39, 0.29) is 12.8 Å². The summed E-state index contributed by atoms with van der Waals surface area (Å²) in [5.74, 6) is 1.57. The molecule has 0 aromatic heterocycles. The molecule has 0 aromatic carbocycles. The predicted octanol–water partition coefficient (Wildman–Crippen LogP) is 1.11. The molecule has 0 saturated carbocycles. The molecular weight excluding hydrogens is 191 g/mol. The summed E-state index contributed by atoms with van der Waals surface area (Å²) in [7, 11) is -1.50. The fourth-order valence-corrected chi connectivity index (χ4v) is 1.77. The van der Waals surface area contributed by atoms with Crippen molar-refractivity contribution in [2.45, 2.75) is 6.92 Å². The van der Waals surface area contributed by atoms with E-state index < -0.39 is 13.3 Å². The third kappa shape index (κ3) is 4.72. The zero-order valence-corrected chi connectivity index (χ0v) is 8.67. The predicted molar refractivity (Wildman–Crippen MR) is 49.8 cm³/mol. The molecule has 0 aliphatic carbocycles. The molecule has 5 heteroatoms. The Hall–Kier alpha value is -0.780. The second kappa shape index (κ2) is 5.80. The van der Waals surface area contributed by atoms with Crippen molar-refractivity contribution in [1.82, 2.24) is 0 Å². The number of ether oxygens (including phenoxy) is 1. The maximum Gasteiger partial charge on any atom is 0.316 e. The van der Waals surface area contributed by atoms with Gasteiger partial charge in [0.05, 0.1) is 0 Å². The maximum absolute atomic E-state index is 11.5. The summed E-state index contributed by atoms with van der Waals surface area (Å²) in [5, 5.41) is 0. The first-order valence-corrected chi connectivity index (χ1v) is 5.80. The summed E-state index contributed by atoms with van der Waals surface area (Å²) in [4.78, 5) is 11.0. The molecule has 0 amide bonds. The van der Waals surface area contributed by atoms with Crippen LogP contribution in [-0.2, 0) is 18.6 Å². The Morgan fingerprint density at radius 2 is 2.23 bits per heavy atom. The van der Waals surface area contributed by atoms with Gasteiger partial charge in [0.2, 0.25) is 7.37 Å². The number of rotatable bonds is 5. The van der Waals surface area contributed by atoms with E-state index in [2.05, 4.69) is 10.7 Å². The molecule has 0 spiro atoms. The van der Waals surface area contributed by atoms with Crippen molar-refractivity contribution in [2.24, 2.45) is 0 Å². The van der Waals surface area contributed by atoms with Crippen LogP contribution >= 0.6 is 7.37 Å². The molecule has 13 heavy (non-hydrogen) atoms. The quantitative estimate of drug-likeness (QED) is 0.382. The normalized spacial score (nSPS) is 14.2. The van der Waals surface area contributed by atoms with Gasteiger partial charge in [-0.3, -0.25) is 9.36 Å². The van der Waals surface area contributed by atoms with E-state index >= 15 is 0 Å². The Morgan fingerprint density at radius 1 is 1.62 bits per heavy atom. The van der Waals surface area contributed by atoms with Gasteiger partial charge < -0.3 is 9.26 Å². The average Bonchev–Trinajstić information content (AvgIpc) is 2.14. The molecule has 1 atom stereocenters. The standard InChI is InChI=1S/C8H13O4P/c1-4-6-12-8(9)7-13(10,5-2)11-3/h1H,5-7H2,2-3H3. The summed E-state index contributed by atoms with van der Waals surface area (Å²) < 4.78 is 20.9. The van der Waals surface area contributed by atoms with E-state index in [4.69, 9.17) is 10.9 Å². The Bertz CT molecular complexity index is 245. The van der Waals surface area contributed by atoms with Gasteiger partial charge >= 0.3 is 5.97 Å².